The molecule has 5 heterocycles. The fraction of sp³-hybridized carbons (Fsp3) is 0.333. The number of nitrogens with zero attached hydrogens (tertiary/aromatic N) is 8. The van der Waals surface area contributed by atoms with Gasteiger partial charge >= 0.3 is 0 Å². The standard InChI is InChI=1S/C24H22N8O2/c1-30-13-26-22-21(30)23(33)32(14-27-22)11-20-28-19(29-34-20)8-24-7-16(24)10-31(12-24)17-6-15-4-2-3-5-18(15)25-9-17/h2-6,9,13-14,16H,7-8,10-12H2,1H3/t16-,24+/m0/s1. The minimum atomic E-state index is -0.180. The molecule has 0 radical (unpaired) electrons. The summed E-state index contributed by atoms with van der Waals surface area (Å²) < 4.78 is 8.63. The van der Waals surface area contributed by atoms with E-state index in [1.165, 1.54) is 17.3 Å². The lowest BCUT2D eigenvalue weighted by Crippen LogP contribution is -2.25. The maximum atomic E-state index is 12.8. The molecule has 1 aliphatic carbocycles. The first kappa shape index (κ1) is 19.4. The van der Waals surface area contributed by atoms with Gasteiger partial charge in [0, 0.05) is 31.9 Å². The Labute approximate surface area is 193 Å². The van der Waals surface area contributed by atoms with Crippen LogP contribution in [0.4, 0.5) is 5.69 Å². The molecule has 2 atom stereocenters. The minimum Gasteiger partial charge on any atom is -0.369 e. The molecule has 7 rings (SSSR count). The van der Waals surface area contributed by atoms with Crippen LogP contribution in [0.1, 0.15) is 18.1 Å². The van der Waals surface area contributed by atoms with Gasteiger partial charge in [-0.3, -0.25) is 14.3 Å². The molecule has 1 aromatic carbocycles. The summed E-state index contributed by atoms with van der Waals surface area (Å²) in [6, 6.07) is 10.4. The highest BCUT2D eigenvalue weighted by atomic mass is 16.5. The summed E-state index contributed by atoms with van der Waals surface area (Å²) in [5, 5.41) is 5.37. The minimum absolute atomic E-state index is 0.179. The zero-order valence-corrected chi connectivity index (χ0v) is 18.6. The molecule has 2 aliphatic rings. The molecule has 5 aromatic rings. The molecule has 4 aromatic heterocycles. The second kappa shape index (κ2) is 6.96. The second-order valence-corrected chi connectivity index (χ2v) is 9.52. The van der Waals surface area contributed by atoms with E-state index in [1.807, 2.05) is 24.4 Å². The van der Waals surface area contributed by atoms with Gasteiger partial charge < -0.3 is 14.0 Å². The Morgan fingerprint density at radius 3 is 3.00 bits per heavy atom. The maximum absolute atomic E-state index is 12.8. The van der Waals surface area contributed by atoms with E-state index in [0.29, 0.717) is 28.8 Å². The van der Waals surface area contributed by atoms with Crippen LogP contribution in [0, 0.1) is 11.3 Å². The number of imidazole rings is 1. The molecule has 1 saturated carbocycles. The van der Waals surface area contributed by atoms with Gasteiger partial charge in [-0.15, -0.1) is 0 Å². The third-order valence-corrected chi connectivity index (χ3v) is 7.27. The number of aryl methyl sites for hydroxylation is 1. The zero-order chi connectivity index (χ0) is 22.9. The van der Waals surface area contributed by atoms with E-state index in [-0.39, 0.29) is 17.5 Å². The highest BCUT2D eigenvalue weighted by Crippen LogP contribution is 2.59. The van der Waals surface area contributed by atoms with E-state index < -0.39 is 0 Å². The average Bonchev–Trinajstić information content (AvgIpc) is 3.19. The summed E-state index contributed by atoms with van der Waals surface area (Å²) in [5.74, 6) is 1.72. The Bertz CT molecular complexity index is 1620. The SMILES string of the molecule is Cn1cnc2ncn(Cc3nc(C[C@@]45C[C@H]4CN(c4cnc6ccccc6c4)C5)no3)c(=O)c21. The van der Waals surface area contributed by atoms with Crippen LogP contribution < -0.4 is 10.5 Å². The number of rotatable bonds is 5. The fourth-order valence-electron chi connectivity index (χ4n) is 5.37. The molecule has 34 heavy (non-hydrogen) atoms. The smallest absolute Gasteiger partial charge is 0.280 e. The third-order valence-electron chi connectivity index (χ3n) is 7.27. The van der Waals surface area contributed by atoms with Gasteiger partial charge in [-0.05, 0) is 29.9 Å². The topological polar surface area (TPSA) is 108 Å². The van der Waals surface area contributed by atoms with E-state index in [9.17, 15) is 4.79 Å². The van der Waals surface area contributed by atoms with Gasteiger partial charge in [0.1, 0.15) is 12.9 Å². The van der Waals surface area contributed by atoms with Gasteiger partial charge in [0.15, 0.2) is 17.0 Å². The number of para-hydroxylation sites is 1. The molecule has 0 amide bonds. The molecular formula is C24H22N8O2. The molecule has 0 spiro atoms. The zero-order valence-electron chi connectivity index (χ0n) is 18.6. The number of hydrogen-bond acceptors (Lipinski definition) is 8. The van der Waals surface area contributed by atoms with Crippen molar-refractivity contribution in [2.45, 2.75) is 19.4 Å². The Kier molecular flexibility index (Phi) is 3.97. The maximum Gasteiger partial charge on any atom is 0.280 e. The summed E-state index contributed by atoms with van der Waals surface area (Å²) in [6.07, 6.45) is 6.97. The van der Waals surface area contributed by atoms with Crippen molar-refractivity contribution in [3.05, 3.63) is 71.3 Å². The summed E-state index contributed by atoms with van der Waals surface area (Å²) in [6.45, 7) is 2.17. The van der Waals surface area contributed by atoms with Crippen molar-refractivity contribution in [2.75, 3.05) is 18.0 Å². The molecule has 1 saturated heterocycles. The van der Waals surface area contributed by atoms with Crippen LogP contribution in [0.15, 0.2) is 58.5 Å². The Morgan fingerprint density at radius 2 is 2.06 bits per heavy atom. The summed E-state index contributed by atoms with van der Waals surface area (Å²) in [4.78, 5) is 32.8. The molecule has 0 unspecified atom stereocenters. The molecule has 0 N–H and O–H groups in total. The number of aromatic nitrogens is 7. The predicted octanol–water partition coefficient (Wildman–Crippen LogP) is 2.18. The number of benzene rings is 1. The van der Waals surface area contributed by atoms with Crippen molar-refractivity contribution in [1.29, 1.82) is 0 Å². The number of fused-ring (bicyclic) bond motifs is 3. The highest BCUT2D eigenvalue weighted by Gasteiger charge is 2.60. The van der Waals surface area contributed by atoms with Crippen molar-refractivity contribution < 1.29 is 4.52 Å². The van der Waals surface area contributed by atoms with Crippen LogP contribution in [0.5, 0.6) is 0 Å². The first-order chi connectivity index (χ1) is 16.6. The van der Waals surface area contributed by atoms with Crippen LogP contribution in [0.2, 0.25) is 0 Å². The predicted molar refractivity (Wildman–Crippen MR) is 124 cm³/mol. The van der Waals surface area contributed by atoms with Gasteiger partial charge in [0.05, 0.1) is 23.7 Å². The first-order valence-electron chi connectivity index (χ1n) is 11.4. The van der Waals surface area contributed by atoms with Crippen molar-refractivity contribution in [3.63, 3.8) is 0 Å². The molecular weight excluding hydrogens is 432 g/mol. The van der Waals surface area contributed by atoms with E-state index in [1.54, 1.807) is 17.9 Å². The largest absolute Gasteiger partial charge is 0.369 e. The fourth-order valence-corrected chi connectivity index (χ4v) is 5.37. The number of anilines is 1. The lowest BCUT2D eigenvalue weighted by Gasteiger charge is -2.22. The molecule has 2 fully saturated rings. The molecule has 170 valence electrons. The average molecular weight is 454 g/mol. The summed E-state index contributed by atoms with van der Waals surface area (Å²) in [5.41, 5.74) is 3.06. The van der Waals surface area contributed by atoms with Gasteiger partial charge in [0.25, 0.3) is 5.56 Å². The summed E-state index contributed by atoms with van der Waals surface area (Å²) in [7, 11) is 1.78. The van der Waals surface area contributed by atoms with Gasteiger partial charge in [-0.25, -0.2) is 9.97 Å². The number of piperidine rings is 1. The summed E-state index contributed by atoms with van der Waals surface area (Å²) >= 11 is 0. The quantitative estimate of drug-likeness (QED) is 0.398. The van der Waals surface area contributed by atoms with Crippen LogP contribution in [0.25, 0.3) is 22.1 Å². The van der Waals surface area contributed by atoms with Gasteiger partial charge in [0.2, 0.25) is 5.89 Å². The van der Waals surface area contributed by atoms with Crippen molar-refractivity contribution >= 4 is 27.8 Å². The van der Waals surface area contributed by atoms with Crippen molar-refractivity contribution in [3.8, 4) is 0 Å². The lowest BCUT2D eigenvalue weighted by molar-refractivity contribution is 0.360. The Balaban J connectivity index is 1.08. The second-order valence-electron chi connectivity index (χ2n) is 9.52. The van der Waals surface area contributed by atoms with E-state index in [2.05, 4.69) is 42.1 Å². The normalized spacial score (nSPS) is 21.4. The number of pyridine rings is 1. The van der Waals surface area contributed by atoms with Gasteiger partial charge in [-0.2, -0.15) is 4.98 Å². The number of hydrogen-bond donors (Lipinski definition) is 0. The Hall–Kier alpha value is -4.08. The van der Waals surface area contributed by atoms with Crippen LogP contribution in [-0.2, 0) is 20.0 Å². The third kappa shape index (κ3) is 3.01. The molecule has 10 heteroatoms. The monoisotopic (exact) mass is 454 g/mol. The van der Waals surface area contributed by atoms with E-state index >= 15 is 0 Å². The molecule has 0 bridgehead atoms. The van der Waals surface area contributed by atoms with Crippen LogP contribution in [0.3, 0.4) is 0 Å². The molecule has 1 aliphatic heterocycles. The van der Waals surface area contributed by atoms with Gasteiger partial charge in [-0.1, -0.05) is 23.4 Å². The lowest BCUT2D eigenvalue weighted by atomic mass is 10.0. The highest BCUT2D eigenvalue weighted by molar-refractivity contribution is 5.81. The van der Waals surface area contributed by atoms with Crippen molar-refractivity contribution in [1.82, 2.24) is 34.2 Å². The van der Waals surface area contributed by atoms with Crippen LogP contribution >= 0.6 is 0 Å². The van der Waals surface area contributed by atoms with E-state index in [4.69, 9.17) is 4.52 Å². The molecule has 10 nitrogen and oxygen atoms in total. The van der Waals surface area contributed by atoms with Crippen LogP contribution in [-0.4, -0.2) is 47.3 Å². The first-order valence-corrected chi connectivity index (χ1v) is 11.4. The van der Waals surface area contributed by atoms with E-state index in [0.717, 1.165) is 36.1 Å². The van der Waals surface area contributed by atoms with Crippen molar-refractivity contribution in [2.24, 2.45) is 18.4 Å². The Morgan fingerprint density at radius 1 is 1.18 bits per heavy atom.